The van der Waals surface area contributed by atoms with Crippen LogP contribution in [0.2, 0.25) is 0 Å². The average Bonchev–Trinajstić information content (AvgIpc) is 2.28. The van der Waals surface area contributed by atoms with Gasteiger partial charge in [0.1, 0.15) is 11.6 Å². The van der Waals surface area contributed by atoms with Gasteiger partial charge >= 0.3 is 0 Å². The molecule has 3 nitrogen and oxygen atoms in total. The van der Waals surface area contributed by atoms with Gasteiger partial charge in [0.25, 0.3) is 0 Å². The molecule has 96 valence electrons. The van der Waals surface area contributed by atoms with Crippen LogP contribution in [-0.2, 0) is 0 Å². The number of aryl methyl sites for hydroxylation is 1. The van der Waals surface area contributed by atoms with Gasteiger partial charge in [0.2, 0.25) is 0 Å². The minimum Gasteiger partial charge on any atom is -0.370 e. The van der Waals surface area contributed by atoms with Crippen LogP contribution in [0, 0.1) is 6.92 Å². The van der Waals surface area contributed by atoms with Gasteiger partial charge in [0, 0.05) is 24.2 Å². The number of nitrogens with zero attached hydrogens (tertiary/aromatic N) is 2. The van der Waals surface area contributed by atoms with Crippen LogP contribution in [0.25, 0.3) is 0 Å². The van der Waals surface area contributed by atoms with Gasteiger partial charge in [-0.25, -0.2) is 9.97 Å². The molecule has 0 unspecified atom stereocenters. The van der Waals surface area contributed by atoms with Crippen molar-refractivity contribution in [3.8, 4) is 0 Å². The van der Waals surface area contributed by atoms with Crippen LogP contribution >= 0.6 is 11.8 Å². The summed E-state index contributed by atoms with van der Waals surface area (Å²) in [6.07, 6.45) is 4.60. The number of rotatable bonds is 7. The summed E-state index contributed by atoms with van der Waals surface area (Å²) in [7, 11) is 0. The molecule has 0 aliphatic rings. The maximum Gasteiger partial charge on any atom is 0.133 e. The average molecular weight is 253 g/mol. The Balaban J connectivity index is 2.47. The van der Waals surface area contributed by atoms with Crippen LogP contribution in [0.15, 0.2) is 6.07 Å². The zero-order valence-electron chi connectivity index (χ0n) is 11.3. The molecule has 17 heavy (non-hydrogen) atoms. The lowest BCUT2D eigenvalue weighted by atomic mass is 10.2. The molecule has 0 spiro atoms. The summed E-state index contributed by atoms with van der Waals surface area (Å²) < 4.78 is 0. The summed E-state index contributed by atoms with van der Waals surface area (Å²) in [6, 6.07) is 2.01. The summed E-state index contributed by atoms with van der Waals surface area (Å²) in [5, 5.41) is 3.38. The topological polar surface area (TPSA) is 37.8 Å². The Morgan fingerprint density at radius 3 is 2.71 bits per heavy atom. The molecule has 0 aromatic carbocycles. The van der Waals surface area contributed by atoms with Crippen molar-refractivity contribution in [2.75, 3.05) is 23.9 Å². The standard InChI is InChI=1S/C13H23N3S/c1-10(2)13-15-11(3)9-12(16-13)14-7-5-6-8-17-4/h9-10H,5-8H2,1-4H3,(H,14,15,16). The van der Waals surface area contributed by atoms with E-state index < -0.39 is 0 Å². The van der Waals surface area contributed by atoms with Gasteiger partial charge in [-0.2, -0.15) is 11.8 Å². The Morgan fingerprint density at radius 1 is 1.29 bits per heavy atom. The van der Waals surface area contributed by atoms with Gasteiger partial charge in [-0.05, 0) is 31.8 Å². The van der Waals surface area contributed by atoms with Crippen molar-refractivity contribution >= 4 is 17.6 Å². The number of hydrogen-bond acceptors (Lipinski definition) is 4. The van der Waals surface area contributed by atoms with Crippen LogP contribution in [0.5, 0.6) is 0 Å². The molecule has 1 aromatic rings. The highest BCUT2D eigenvalue weighted by atomic mass is 32.2. The van der Waals surface area contributed by atoms with E-state index in [1.165, 1.54) is 18.6 Å². The number of unbranched alkanes of at least 4 members (excludes halogenated alkanes) is 1. The van der Waals surface area contributed by atoms with Gasteiger partial charge < -0.3 is 5.32 Å². The molecule has 0 bridgehead atoms. The van der Waals surface area contributed by atoms with Crippen LogP contribution in [-0.4, -0.2) is 28.5 Å². The summed E-state index contributed by atoms with van der Waals surface area (Å²) in [5.74, 6) is 3.51. The van der Waals surface area contributed by atoms with E-state index in [0.29, 0.717) is 5.92 Å². The monoisotopic (exact) mass is 253 g/mol. The number of aromatic nitrogens is 2. The number of hydrogen-bond donors (Lipinski definition) is 1. The zero-order chi connectivity index (χ0) is 12.7. The molecular formula is C13H23N3S. The number of thioether (sulfide) groups is 1. The minimum atomic E-state index is 0.381. The maximum atomic E-state index is 4.52. The Morgan fingerprint density at radius 2 is 2.06 bits per heavy atom. The Labute approximate surface area is 109 Å². The van der Waals surface area contributed by atoms with E-state index in [-0.39, 0.29) is 0 Å². The summed E-state index contributed by atoms with van der Waals surface area (Å²) >= 11 is 1.90. The third-order valence-corrected chi connectivity index (χ3v) is 3.17. The van der Waals surface area contributed by atoms with Crippen molar-refractivity contribution in [2.45, 2.75) is 39.5 Å². The van der Waals surface area contributed by atoms with E-state index in [1.807, 2.05) is 24.8 Å². The number of anilines is 1. The summed E-state index contributed by atoms with van der Waals surface area (Å²) in [4.78, 5) is 8.96. The predicted octanol–water partition coefficient (Wildman–Crippen LogP) is 3.46. The highest BCUT2D eigenvalue weighted by molar-refractivity contribution is 7.98. The normalized spacial score (nSPS) is 10.9. The molecular weight excluding hydrogens is 230 g/mol. The highest BCUT2D eigenvalue weighted by Crippen LogP contribution is 2.13. The molecule has 4 heteroatoms. The van der Waals surface area contributed by atoms with Gasteiger partial charge in [0.15, 0.2) is 0 Å². The fraction of sp³-hybridized carbons (Fsp3) is 0.692. The molecule has 0 radical (unpaired) electrons. The van der Waals surface area contributed by atoms with Gasteiger partial charge in [0.05, 0.1) is 0 Å². The zero-order valence-corrected chi connectivity index (χ0v) is 12.1. The largest absolute Gasteiger partial charge is 0.370 e. The Bertz CT molecular complexity index is 339. The van der Waals surface area contributed by atoms with Crippen LogP contribution in [0.4, 0.5) is 5.82 Å². The van der Waals surface area contributed by atoms with E-state index in [0.717, 1.165) is 23.9 Å². The first-order chi connectivity index (χ1) is 8.13. The molecule has 0 fully saturated rings. The first kappa shape index (κ1) is 14.3. The van der Waals surface area contributed by atoms with Crippen molar-refractivity contribution in [1.29, 1.82) is 0 Å². The molecule has 1 N–H and O–H groups in total. The fourth-order valence-electron chi connectivity index (χ4n) is 1.53. The minimum absolute atomic E-state index is 0.381. The Hall–Kier alpha value is -0.770. The molecule has 1 rings (SSSR count). The summed E-state index contributed by atoms with van der Waals surface area (Å²) in [6.45, 7) is 7.26. The molecule has 0 amide bonds. The molecule has 0 aliphatic heterocycles. The van der Waals surface area contributed by atoms with E-state index in [9.17, 15) is 0 Å². The third kappa shape index (κ3) is 5.39. The first-order valence-corrected chi connectivity index (χ1v) is 7.61. The Kier molecular flexibility index (Phi) is 6.34. The molecule has 0 atom stereocenters. The molecule has 0 saturated heterocycles. The quantitative estimate of drug-likeness (QED) is 0.755. The van der Waals surface area contributed by atoms with Crippen molar-refractivity contribution in [1.82, 2.24) is 9.97 Å². The highest BCUT2D eigenvalue weighted by Gasteiger charge is 2.05. The van der Waals surface area contributed by atoms with Crippen molar-refractivity contribution in [2.24, 2.45) is 0 Å². The second-order valence-electron chi connectivity index (χ2n) is 4.53. The SMILES string of the molecule is CSCCCCNc1cc(C)nc(C(C)C)n1. The van der Waals surface area contributed by atoms with Crippen LogP contribution in [0.1, 0.15) is 44.1 Å². The fourth-order valence-corrected chi connectivity index (χ4v) is 2.02. The van der Waals surface area contributed by atoms with Crippen LogP contribution < -0.4 is 5.32 Å². The van der Waals surface area contributed by atoms with Gasteiger partial charge in [-0.1, -0.05) is 13.8 Å². The van der Waals surface area contributed by atoms with Crippen molar-refractivity contribution in [3.05, 3.63) is 17.6 Å². The lowest BCUT2D eigenvalue weighted by molar-refractivity contribution is 0.763. The first-order valence-electron chi connectivity index (χ1n) is 6.22. The second kappa shape index (κ2) is 7.54. The summed E-state index contributed by atoms with van der Waals surface area (Å²) in [5.41, 5.74) is 1.04. The van der Waals surface area contributed by atoms with E-state index >= 15 is 0 Å². The molecule has 1 aromatic heterocycles. The van der Waals surface area contributed by atoms with Crippen molar-refractivity contribution < 1.29 is 0 Å². The van der Waals surface area contributed by atoms with Crippen molar-refractivity contribution in [3.63, 3.8) is 0 Å². The van der Waals surface area contributed by atoms with Gasteiger partial charge in [-0.3, -0.25) is 0 Å². The lowest BCUT2D eigenvalue weighted by Gasteiger charge is -2.10. The molecule has 0 aliphatic carbocycles. The maximum absolute atomic E-state index is 4.52. The van der Waals surface area contributed by atoms with E-state index in [2.05, 4.69) is 35.4 Å². The lowest BCUT2D eigenvalue weighted by Crippen LogP contribution is -2.08. The number of nitrogens with one attached hydrogen (secondary N) is 1. The predicted molar refractivity (Wildman–Crippen MR) is 77.0 cm³/mol. The van der Waals surface area contributed by atoms with Gasteiger partial charge in [-0.15, -0.1) is 0 Å². The van der Waals surface area contributed by atoms with E-state index in [4.69, 9.17) is 0 Å². The molecule has 0 saturated carbocycles. The third-order valence-electron chi connectivity index (χ3n) is 2.47. The molecule has 1 heterocycles. The second-order valence-corrected chi connectivity index (χ2v) is 5.52. The van der Waals surface area contributed by atoms with Crippen LogP contribution in [0.3, 0.4) is 0 Å². The van der Waals surface area contributed by atoms with E-state index in [1.54, 1.807) is 0 Å². The smallest absolute Gasteiger partial charge is 0.133 e.